The van der Waals surface area contributed by atoms with E-state index < -0.39 is 0 Å². The third-order valence-electron chi connectivity index (χ3n) is 4.47. The minimum Gasteiger partial charge on any atom is -0.279 e. The fourth-order valence-corrected chi connectivity index (χ4v) is 5.45. The van der Waals surface area contributed by atoms with E-state index in [1.54, 1.807) is 16.7 Å². The fourth-order valence-electron chi connectivity index (χ4n) is 3.10. The van der Waals surface area contributed by atoms with Gasteiger partial charge in [0, 0.05) is 20.2 Å². The van der Waals surface area contributed by atoms with E-state index in [1.165, 1.54) is 16.2 Å². The van der Waals surface area contributed by atoms with E-state index in [4.69, 9.17) is 4.98 Å². The second-order valence-electron chi connectivity index (χ2n) is 7.18. The fraction of sp³-hybridized carbons (Fsp3) is 0.167. The third-order valence-corrected chi connectivity index (χ3v) is 7.02. The largest absolute Gasteiger partial charge is 0.279 e. The zero-order valence-corrected chi connectivity index (χ0v) is 19.9. The maximum absolute atomic E-state index is 13.5. The lowest BCUT2D eigenvalue weighted by atomic mass is 10.1. The molecule has 0 aliphatic heterocycles. The lowest BCUT2D eigenvalue weighted by Crippen LogP contribution is -2.30. The van der Waals surface area contributed by atoms with Crippen molar-refractivity contribution in [2.24, 2.45) is 0 Å². The van der Waals surface area contributed by atoms with Gasteiger partial charge in [0.2, 0.25) is 0 Å². The summed E-state index contributed by atoms with van der Waals surface area (Å²) in [6.07, 6.45) is 0. The molecule has 0 atom stereocenters. The Balaban J connectivity index is 1.69. The van der Waals surface area contributed by atoms with E-state index in [2.05, 4.69) is 29.8 Å². The Hall–Kier alpha value is -2.15. The number of aromatic nitrogens is 1. The zero-order valence-electron chi connectivity index (χ0n) is 16.7. The van der Waals surface area contributed by atoms with E-state index >= 15 is 0 Å². The van der Waals surface area contributed by atoms with E-state index in [1.807, 2.05) is 72.8 Å². The highest BCUT2D eigenvalue weighted by Crippen LogP contribution is 2.33. The van der Waals surface area contributed by atoms with Crippen molar-refractivity contribution in [1.82, 2.24) is 4.98 Å². The third kappa shape index (κ3) is 4.94. The van der Waals surface area contributed by atoms with Crippen LogP contribution in [0.1, 0.15) is 29.8 Å². The number of fused-ring (bicyclic) bond motifs is 1. The topological polar surface area (TPSA) is 33.2 Å². The number of rotatable bonds is 6. The van der Waals surface area contributed by atoms with Crippen LogP contribution in [0.4, 0.5) is 5.13 Å². The monoisotopic (exact) mass is 496 g/mol. The number of nitrogens with zero attached hydrogens (tertiary/aromatic N) is 2. The minimum absolute atomic E-state index is 0.0435. The lowest BCUT2D eigenvalue weighted by molar-refractivity contribution is 0.0985. The summed E-state index contributed by atoms with van der Waals surface area (Å²) in [4.78, 5) is 21.2. The maximum Gasteiger partial charge on any atom is 0.260 e. The van der Waals surface area contributed by atoms with Gasteiger partial charge < -0.3 is 0 Å². The first-order valence-corrected chi connectivity index (χ1v) is 12.2. The first-order valence-electron chi connectivity index (χ1n) is 9.68. The number of thioether (sulfide) groups is 1. The Bertz CT molecular complexity index is 1160. The summed E-state index contributed by atoms with van der Waals surface area (Å²) in [6.45, 7) is 4.80. The number of amides is 1. The molecule has 1 heterocycles. The Labute approximate surface area is 193 Å². The molecule has 0 aliphatic rings. The molecule has 0 aliphatic carbocycles. The summed E-state index contributed by atoms with van der Waals surface area (Å²) in [5, 5.41) is 1.21. The molecular formula is C24H21BrN2OS2. The van der Waals surface area contributed by atoms with Gasteiger partial charge in [-0.3, -0.25) is 9.69 Å². The summed E-state index contributed by atoms with van der Waals surface area (Å²) in [7, 11) is 0. The van der Waals surface area contributed by atoms with Crippen molar-refractivity contribution in [3.63, 3.8) is 0 Å². The average Bonchev–Trinajstić information content (AvgIpc) is 3.15. The van der Waals surface area contributed by atoms with Gasteiger partial charge in [-0.2, -0.15) is 0 Å². The molecule has 6 heteroatoms. The smallest absolute Gasteiger partial charge is 0.260 e. The Morgan fingerprint density at radius 1 is 1.07 bits per heavy atom. The Kier molecular flexibility index (Phi) is 6.56. The van der Waals surface area contributed by atoms with Gasteiger partial charge in [0.25, 0.3) is 5.91 Å². The van der Waals surface area contributed by atoms with Crippen LogP contribution in [0.2, 0.25) is 0 Å². The molecule has 0 saturated carbocycles. The molecule has 0 bridgehead atoms. The lowest BCUT2D eigenvalue weighted by Gasteiger charge is -2.20. The maximum atomic E-state index is 13.5. The molecule has 1 aromatic heterocycles. The molecule has 4 rings (SSSR count). The molecular weight excluding hydrogens is 476 g/mol. The highest BCUT2D eigenvalue weighted by atomic mass is 79.9. The first-order chi connectivity index (χ1) is 14.5. The standard InChI is InChI=1S/C24H21BrN2OS2/c1-16(2)29-20-11-8-18(9-12-20)23(28)27(15-17-6-4-3-5-7-17)24-26-21-13-10-19(25)14-22(21)30-24/h3-14,16H,15H2,1-2H3. The Morgan fingerprint density at radius 2 is 1.80 bits per heavy atom. The van der Waals surface area contributed by atoms with Crippen LogP contribution < -0.4 is 4.90 Å². The van der Waals surface area contributed by atoms with Gasteiger partial charge in [0.15, 0.2) is 5.13 Å². The number of carbonyl (C=O) groups is 1. The van der Waals surface area contributed by atoms with Crippen LogP contribution >= 0.6 is 39.0 Å². The summed E-state index contributed by atoms with van der Waals surface area (Å²) >= 11 is 6.84. The zero-order chi connectivity index (χ0) is 21.1. The molecule has 0 radical (unpaired) electrons. The van der Waals surface area contributed by atoms with Gasteiger partial charge in [0.05, 0.1) is 16.8 Å². The van der Waals surface area contributed by atoms with E-state index in [0.29, 0.717) is 22.5 Å². The number of thiazole rings is 1. The van der Waals surface area contributed by atoms with Gasteiger partial charge in [0.1, 0.15) is 0 Å². The van der Waals surface area contributed by atoms with Crippen molar-refractivity contribution in [3.8, 4) is 0 Å². The molecule has 3 nitrogen and oxygen atoms in total. The Morgan fingerprint density at radius 3 is 2.50 bits per heavy atom. The summed E-state index contributed by atoms with van der Waals surface area (Å²) in [6, 6.07) is 23.9. The molecule has 0 unspecified atom stereocenters. The van der Waals surface area contributed by atoms with Crippen LogP contribution in [0.25, 0.3) is 10.2 Å². The second kappa shape index (κ2) is 9.33. The number of anilines is 1. The average molecular weight is 497 g/mol. The van der Waals surface area contributed by atoms with Crippen molar-refractivity contribution >= 4 is 60.3 Å². The SMILES string of the molecule is CC(C)Sc1ccc(C(=O)N(Cc2ccccc2)c2nc3ccc(Br)cc3s2)cc1. The van der Waals surface area contributed by atoms with Crippen molar-refractivity contribution in [2.75, 3.05) is 4.90 Å². The summed E-state index contributed by atoms with van der Waals surface area (Å²) in [5.41, 5.74) is 2.63. The van der Waals surface area contributed by atoms with Crippen LogP contribution in [0.3, 0.4) is 0 Å². The predicted octanol–water partition coefficient (Wildman–Crippen LogP) is 7.41. The van der Waals surface area contributed by atoms with Crippen LogP contribution in [-0.4, -0.2) is 16.1 Å². The molecule has 0 fully saturated rings. The number of hydrogen-bond donors (Lipinski definition) is 0. The number of carbonyl (C=O) groups excluding carboxylic acids is 1. The number of halogens is 1. The van der Waals surface area contributed by atoms with E-state index in [-0.39, 0.29) is 5.91 Å². The minimum atomic E-state index is -0.0435. The molecule has 4 aromatic rings. The molecule has 0 N–H and O–H groups in total. The van der Waals surface area contributed by atoms with Gasteiger partial charge in [-0.15, -0.1) is 11.8 Å². The second-order valence-corrected chi connectivity index (χ2v) is 10.8. The molecule has 0 spiro atoms. The molecule has 0 saturated heterocycles. The number of benzene rings is 3. The summed E-state index contributed by atoms with van der Waals surface area (Å²) < 4.78 is 2.05. The van der Waals surface area contributed by atoms with Gasteiger partial charge in [-0.25, -0.2) is 4.98 Å². The van der Waals surface area contributed by atoms with Crippen molar-refractivity contribution in [3.05, 3.63) is 88.4 Å². The highest BCUT2D eigenvalue weighted by molar-refractivity contribution is 9.10. The van der Waals surface area contributed by atoms with Gasteiger partial charge in [-0.05, 0) is 48.0 Å². The van der Waals surface area contributed by atoms with Crippen molar-refractivity contribution < 1.29 is 4.79 Å². The quantitative estimate of drug-likeness (QED) is 0.260. The van der Waals surface area contributed by atoms with Crippen molar-refractivity contribution in [2.45, 2.75) is 30.5 Å². The highest BCUT2D eigenvalue weighted by Gasteiger charge is 2.22. The molecule has 30 heavy (non-hydrogen) atoms. The normalized spacial score (nSPS) is 11.2. The summed E-state index contributed by atoms with van der Waals surface area (Å²) in [5.74, 6) is -0.0435. The predicted molar refractivity (Wildman–Crippen MR) is 132 cm³/mol. The van der Waals surface area contributed by atoms with Crippen LogP contribution in [0, 0.1) is 0 Å². The van der Waals surface area contributed by atoms with E-state index in [9.17, 15) is 4.79 Å². The van der Waals surface area contributed by atoms with Crippen molar-refractivity contribution in [1.29, 1.82) is 0 Å². The van der Waals surface area contributed by atoms with Crippen LogP contribution in [0.5, 0.6) is 0 Å². The van der Waals surface area contributed by atoms with E-state index in [0.717, 1.165) is 20.3 Å². The van der Waals surface area contributed by atoms with Crippen LogP contribution in [-0.2, 0) is 6.54 Å². The number of hydrogen-bond acceptors (Lipinski definition) is 4. The van der Waals surface area contributed by atoms with Gasteiger partial charge >= 0.3 is 0 Å². The first kappa shape index (κ1) is 21.1. The van der Waals surface area contributed by atoms with Gasteiger partial charge in [-0.1, -0.05) is 71.4 Å². The molecule has 152 valence electrons. The molecule has 3 aromatic carbocycles. The van der Waals surface area contributed by atoms with Crippen LogP contribution in [0.15, 0.2) is 82.2 Å². The molecule has 1 amide bonds.